The molecule has 1 aromatic carbocycles. The van der Waals surface area contributed by atoms with Gasteiger partial charge in [0.15, 0.2) is 6.73 Å². The first-order chi connectivity index (χ1) is 19.5. The molecule has 2 aromatic rings. The van der Waals surface area contributed by atoms with Crippen molar-refractivity contribution >= 4 is 11.9 Å². The zero-order valence-corrected chi connectivity index (χ0v) is 23.9. The van der Waals surface area contributed by atoms with E-state index in [4.69, 9.17) is 9.47 Å². The number of piperidine rings is 1. The number of hydrogen-bond donors (Lipinski definition) is 0. The molecule has 222 valence electrons. The monoisotopic (exact) mass is 573 g/mol. The van der Waals surface area contributed by atoms with Crippen molar-refractivity contribution in [3.8, 4) is 5.75 Å². The molecule has 0 unspecified atom stereocenters. The maximum absolute atomic E-state index is 14.0. The number of hydrogen-bond acceptors (Lipinski definition) is 6. The Bertz CT molecular complexity index is 1280. The number of esters is 1. The van der Waals surface area contributed by atoms with Gasteiger partial charge in [-0.3, -0.25) is 9.78 Å². The first-order valence-corrected chi connectivity index (χ1v) is 14.5. The van der Waals surface area contributed by atoms with Crippen LogP contribution >= 0.6 is 0 Å². The van der Waals surface area contributed by atoms with E-state index in [2.05, 4.69) is 23.7 Å². The molecule has 3 aliphatic rings. The van der Waals surface area contributed by atoms with Crippen molar-refractivity contribution in [3.05, 3.63) is 58.9 Å². The van der Waals surface area contributed by atoms with Crippen molar-refractivity contribution in [1.29, 1.82) is 0 Å². The molecule has 1 saturated carbocycles. The second-order valence-corrected chi connectivity index (χ2v) is 11.8. The summed E-state index contributed by atoms with van der Waals surface area (Å²) in [6.07, 6.45) is 3.16. The Morgan fingerprint density at radius 1 is 1.15 bits per heavy atom. The number of likely N-dealkylation sites (tertiary alicyclic amines) is 1. The van der Waals surface area contributed by atoms with Crippen LogP contribution in [0.1, 0.15) is 85.8 Å². The van der Waals surface area contributed by atoms with Gasteiger partial charge >= 0.3 is 12.1 Å². The van der Waals surface area contributed by atoms with Gasteiger partial charge in [0.2, 0.25) is 5.91 Å². The summed E-state index contributed by atoms with van der Waals surface area (Å²) in [5.74, 6) is 0.393. The third-order valence-corrected chi connectivity index (χ3v) is 9.25. The molecule has 10 heteroatoms. The normalized spacial score (nSPS) is 23.8. The minimum Gasteiger partial charge on any atom is -0.473 e. The van der Waals surface area contributed by atoms with Crippen LogP contribution in [0.2, 0.25) is 0 Å². The number of benzene rings is 1. The molecule has 0 spiro atoms. The lowest BCUT2D eigenvalue weighted by Gasteiger charge is -2.41. The highest BCUT2D eigenvalue weighted by molar-refractivity contribution is 5.89. The molecule has 1 amide bonds. The van der Waals surface area contributed by atoms with E-state index in [1.165, 1.54) is 6.07 Å². The second kappa shape index (κ2) is 11.6. The van der Waals surface area contributed by atoms with Crippen molar-refractivity contribution < 1.29 is 32.2 Å². The fourth-order valence-electron chi connectivity index (χ4n) is 6.80. The molecule has 1 saturated heterocycles. The molecule has 0 bridgehead atoms. The van der Waals surface area contributed by atoms with Crippen LogP contribution in [0.15, 0.2) is 36.7 Å². The molecular formula is C31H38F3N3O4. The molecule has 1 aromatic heterocycles. The topological polar surface area (TPSA) is 72.0 Å². The number of alkyl halides is 3. The van der Waals surface area contributed by atoms with Crippen LogP contribution in [0.4, 0.5) is 13.2 Å². The summed E-state index contributed by atoms with van der Waals surface area (Å²) < 4.78 is 50.7. The van der Waals surface area contributed by atoms with Gasteiger partial charge in [-0.15, -0.1) is 0 Å². The quantitative estimate of drug-likeness (QED) is 0.393. The van der Waals surface area contributed by atoms with Gasteiger partial charge in [0.25, 0.3) is 0 Å². The van der Waals surface area contributed by atoms with Gasteiger partial charge in [-0.05, 0) is 93.8 Å². The van der Waals surface area contributed by atoms with Crippen molar-refractivity contribution in [1.82, 2.24) is 14.8 Å². The van der Waals surface area contributed by atoms with Crippen LogP contribution in [0.3, 0.4) is 0 Å². The Kier molecular flexibility index (Phi) is 8.32. The minimum atomic E-state index is -4.45. The Hall–Kier alpha value is -3.14. The van der Waals surface area contributed by atoms with Gasteiger partial charge in [0, 0.05) is 24.0 Å². The predicted molar refractivity (Wildman–Crippen MR) is 146 cm³/mol. The lowest BCUT2D eigenvalue weighted by Crippen LogP contribution is -2.49. The molecule has 41 heavy (non-hydrogen) atoms. The summed E-state index contributed by atoms with van der Waals surface area (Å²) in [6, 6.07) is 5.61. The van der Waals surface area contributed by atoms with Crippen LogP contribution in [-0.4, -0.2) is 59.1 Å². The molecule has 5 rings (SSSR count). The number of carbonyl (C=O) groups excluding carboxylic acids is 2. The zero-order valence-electron chi connectivity index (χ0n) is 23.9. The molecule has 2 fully saturated rings. The number of rotatable bonds is 6. The van der Waals surface area contributed by atoms with Crippen molar-refractivity contribution in [2.24, 2.45) is 11.3 Å². The summed E-state index contributed by atoms with van der Waals surface area (Å²) in [5.41, 5.74) is 0.591. The largest absolute Gasteiger partial charge is 0.473 e. The number of carbonyl (C=O) groups is 2. The number of fused-ring (bicyclic) bond motifs is 1. The summed E-state index contributed by atoms with van der Waals surface area (Å²) in [4.78, 5) is 34.5. The van der Waals surface area contributed by atoms with Gasteiger partial charge < -0.3 is 19.3 Å². The van der Waals surface area contributed by atoms with Crippen LogP contribution in [0.5, 0.6) is 5.75 Å². The van der Waals surface area contributed by atoms with Gasteiger partial charge in [-0.2, -0.15) is 13.2 Å². The lowest BCUT2D eigenvalue weighted by molar-refractivity contribution is -0.150. The smallest absolute Gasteiger partial charge is 0.416 e. The van der Waals surface area contributed by atoms with E-state index in [9.17, 15) is 22.8 Å². The summed E-state index contributed by atoms with van der Waals surface area (Å²) in [5, 5.41) is 0. The van der Waals surface area contributed by atoms with E-state index < -0.39 is 17.2 Å². The highest BCUT2D eigenvalue weighted by Crippen LogP contribution is 2.49. The minimum absolute atomic E-state index is 0.0326. The third-order valence-electron chi connectivity index (χ3n) is 9.25. The van der Waals surface area contributed by atoms with Crippen molar-refractivity contribution in [2.45, 2.75) is 77.6 Å². The molecule has 7 nitrogen and oxygen atoms in total. The van der Waals surface area contributed by atoms with E-state index >= 15 is 0 Å². The van der Waals surface area contributed by atoms with Crippen LogP contribution in [0, 0.1) is 11.3 Å². The summed E-state index contributed by atoms with van der Waals surface area (Å²) in [6.45, 7) is 8.17. The standard InChI is InChI=1S/C31H38F3N3O4/c1-4-40-28(38)23-13-22(16-35-17-23)21-8-11-36(12-9-21)26-7-10-30(15-26,20(2)3)29(39)37-18-24-14-25(31(32,33)34)5-6-27(24)41-19-37/h5-6,13-14,16-17,20-21,26H,4,7-12,15,18-19H2,1-3H3/t26-,30+/m1/s1. The number of aromatic nitrogens is 1. The van der Waals surface area contributed by atoms with Crippen molar-refractivity contribution in [2.75, 3.05) is 26.4 Å². The van der Waals surface area contributed by atoms with E-state index in [0.717, 1.165) is 62.9 Å². The van der Waals surface area contributed by atoms with Gasteiger partial charge in [0.1, 0.15) is 5.75 Å². The van der Waals surface area contributed by atoms with Crippen LogP contribution in [-0.2, 0) is 22.3 Å². The number of pyridine rings is 1. The Labute approximate surface area is 239 Å². The molecule has 0 N–H and O–H groups in total. The predicted octanol–water partition coefficient (Wildman–Crippen LogP) is 6.03. The number of nitrogens with zero attached hydrogens (tertiary/aromatic N) is 3. The Morgan fingerprint density at radius 3 is 2.59 bits per heavy atom. The Balaban J connectivity index is 1.23. The number of ether oxygens (including phenoxy) is 2. The molecule has 2 atom stereocenters. The molecule has 3 heterocycles. The first-order valence-electron chi connectivity index (χ1n) is 14.5. The van der Waals surface area contributed by atoms with Gasteiger partial charge in [0.05, 0.1) is 29.7 Å². The SMILES string of the molecule is CCOC(=O)c1cncc(C2CCN([C@@H]3CC[C@@](C(=O)N4COc5ccc(C(F)(F)F)cc5C4)(C(C)C)C3)CC2)c1. The van der Waals surface area contributed by atoms with E-state index in [-0.39, 0.29) is 37.1 Å². The molecule has 2 aliphatic heterocycles. The highest BCUT2D eigenvalue weighted by Gasteiger charge is 2.51. The lowest BCUT2D eigenvalue weighted by atomic mass is 9.74. The Morgan fingerprint density at radius 2 is 1.90 bits per heavy atom. The summed E-state index contributed by atoms with van der Waals surface area (Å²) in [7, 11) is 0. The average molecular weight is 574 g/mol. The van der Waals surface area contributed by atoms with Gasteiger partial charge in [-0.25, -0.2) is 4.79 Å². The number of amides is 1. The fourth-order valence-corrected chi connectivity index (χ4v) is 6.80. The molecule has 1 aliphatic carbocycles. The fraction of sp³-hybridized carbons (Fsp3) is 0.581. The second-order valence-electron chi connectivity index (χ2n) is 11.8. The average Bonchev–Trinajstić information content (AvgIpc) is 3.43. The maximum atomic E-state index is 14.0. The van der Waals surface area contributed by atoms with E-state index in [1.54, 1.807) is 18.0 Å². The third kappa shape index (κ3) is 5.94. The number of halogens is 3. The summed E-state index contributed by atoms with van der Waals surface area (Å²) >= 11 is 0. The van der Waals surface area contributed by atoms with Crippen LogP contribution in [0.25, 0.3) is 0 Å². The first kappa shape index (κ1) is 29.4. The molecule has 0 radical (unpaired) electrons. The zero-order chi connectivity index (χ0) is 29.4. The van der Waals surface area contributed by atoms with E-state index in [1.807, 2.05) is 12.3 Å². The highest BCUT2D eigenvalue weighted by atomic mass is 19.4. The van der Waals surface area contributed by atoms with Gasteiger partial charge in [-0.1, -0.05) is 13.8 Å². The molecular weight excluding hydrogens is 535 g/mol. The van der Waals surface area contributed by atoms with E-state index in [0.29, 0.717) is 29.4 Å². The van der Waals surface area contributed by atoms with Crippen molar-refractivity contribution in [3.63, 3.8) is 0 Å². The maximum Gasteiger partial charge on any atom is 0.416 e. The van der Waals surface area contributed by atoms with Crippen LogP contribution < -0.4 is 4.74 Å².